The van der Waals surface area contributed by atoms with Gasteiger partial charge in [0.2, 0.25) is 0 Å². The van der Waals surface area contributed by atoms with E-state index in [1.165, 1.54) is 0 Å². The number of carbonyl (C=O) groups excluding carboxylic acids is 2. The monoisotopic (exact) mass is 252 g/mol. The molecule has 4 nitrogen and oxygen atoms in total. The summed E-state index contributed by atoms with van der Waals surface area (Å²) in [6.45, 7) is 5.66. The minimum Gasteiger partial charge on any atom is -0.455 e. The molecule has 0 bridgehead atoms. The second-order valence-electron chi connectivity index (χ2n) is 4.37. The van der Waals surface area contributed by atoms with Gasteiger partial charge in [0.15, 0.2) is 0 Å². The van der Waals surface area contributed by atoms with Crippen LogP contribution in [0.5, 0.6) is 0 Å². The first-order chi connectivity index (χ1) is 8.54. The van der Waals surface area contributed by atoms with E-state index in [0.717, 1.165) is 43.4 Å². The van der Waals surface area contributed by atoms with E-state index >= 15 is 0 Å². The first-order valence-corrected chi connectivity index (χ1v) is 6.34. The van der Waals surface area contributed by atoms with Gasteiger partial charge in [-0.1, -0.05) is 19.8 Å². The van der Waals surface area contributed by atoms with Crippen LogP contribution in [0, 0.1) is 0 Å². The molecule has 0 aliphatic carbocycles. The molecular weight excluding hydrogens is 232 g/mol. The van der Waals surface area contributed by atoms with Crippen LogP contribution < -0.4 is 0 Å². The molecule has 100 valence electrons. The zero-order chi connectivity index (χ0) is 13.5. The summed E-state index contributed by atoms with van der Waals surface area (Å²) < 4.78 is 10.4. The highest BCUT2D eigenvalue weighted by atomic mass is 16.6. The molecule has 1 aliphatic heterocycles. The third kappa shape index (κ3) is 4.35. The summed E-state index contributed by atoms with van der Waals surface area (Å²) in [6, 6.07) is 0. The van der Waals surface area contributed by atoms with E-state index in [0.29, 0.717) is 5.76 Å². The minimum atomic E-state index is -0.536. The highest BCUT2D eigenvalue weighted by Gasteiger charge is 2.19. The molecule has 0 amide bonds. The minimum absolute atomic E-state index is 0.357. The molecule has 0 fully saturated rings. The SMILES string of the molecule is CCCCC/C1=C(\C)OC(=O)/C=C\C(=O)OC1C. The van der Waals surface area contributed by atoms with E-state index in [1.54, 1.807) is 13.8 Å². The maximum Gasteiger partial charge on any atom is 0.336 e. The fourth-order valence-corrected chi connectivity index (χ4v) is 1.90. The van der Waals surface area contributed by atoms with Crippen molar-refractivity contribution in [2.24, 2.45) is 0 Å². The average molecular weight is 252 g/mol. The normalized spacial score (nSPS) is 26.7. The summed E-state index contributed by atoms with van der Waals surface area (Å²) in [4.78, 5) is 22.8. The van der Waals surface area contributed by atoms with Crippen molar-refractivity contribution in [2.45, 2.75) is 52.6 Å². The van der Waals surface area contributed by atoms with Gasteiger partial charge in [0.05, 0.1) is 0 Å². The number of hydrogen-bond donors (Lipinski definition) is 0. The van der Waals surface area contributed by atoms with Gasteiger partial charge in [0, 0.05) is 17.7 Å². The number of ether oxygens (including phenoxy) is 2. The summed E-state index contributed by atoms with van der Waals surface area (Å²) in [5, 5.41) is 0. The van der Waals surface area contributed by atoms with Crippen molar-refractivity contribution >= 4 is 11.9 Å². The van der Waals surface area contributed by atoms with Crippen LogP contribution in [0.15, 0.2) is 23.5 Å². The van der Waals surface area contributed by atoms with Crippen molar-refractivity contribution in [1.82, 2.24) is 0 Å². The fourth-order valence-electron chi connectivity index (χ4n) is 1.90. The standard InChI is InChI=1S/C14H20O4/c1-4-5-6-7-12-10(2)17-13(15)8-9-14(16)18-11(12)3/h8-10H,4-7H2,1-3H3/b9-8-,12-11-. The lowest BCUT2D eigenvalue weighted by atomic mass is 10.0. The van der Waals surface area contributed by atoms with Crippen molar-refractivity contribution in [2.75, 3.05) is 0 Å². The number of hydrogen-bond acceptors (Lipinski definition) is 4. The third-order valence-corrected chi connectivity index (χ3v) is 2.89. The number of esters is 2. The predicted molar refractivity (Wildman–Crippen MR) is 67.6 cm³/mol. The number of allylic oxidation sites excluding steroid dienone is 1. The van der Waals surface area contributed by atoms with Gasteiger partial charge in [0.25, 0.3) is 0 Å². The Hall–Kier alpha value is -1.58. The summed E-state index contributed by atoms with van der Waals surface area (Å²) in [5.41, 5.74) is 0.883. The second kappa shape index (κ2) is 6.99. The summed E-state index contributed by atoms with van der Waals surface area (Å²) >= 11 is 0. The van der Waals surface area contributed by atoms with Crippen LogP contribution in [-0.2, 0) is 19.1 Å². The molecule has 0 saturated carbocycles. The molecule has 1 rings (SSSR count). The molecule has 0 spiro atoms. The summed E-state index contributed by atoms with van der Waals surface area (Å²) in [7, 11) is 0. The molecule has 0 saturated heterocycles. The molecule has 18 heavy (non-hydrogen) atoms. The summed E-state index contributed by atoms with van der Waals surface area (Å²) in [5.74, 6) is -0.503. The van der Waals surface area contributed by atoms with Crippen molar-refractivity contribution in [3.63, 3.8) is 0 Å². The lowest BCUT2D eigenvalue weighted by Gasteiger charge is -2.17. The quantitative estimate of drug-likeness (QED) is 0.570. The van der Waals surface area contributed by atoms with Crippen LogP contribution in [0.1, 0.15) is 46.5 Å². The lowest BCUT2D eigenvalue weighted by Crippen LogP contribution is -2.17. The van der Waals surface area contributed by atoms with Crippen LogP contribution in [0.2, 0.25) is 0 Å². The molecule has 0 radical (unpaired) electrons. The van der Waals surface area contributed by atoms with Gasteiger partial charge >= 0.3 is 11.9 Å². The molecule has 0 aromatic heterocycles. The Morgan fingerprint density at radius 1 is 1.17 bits per heavy atom. The Balaban J connectivity index is 2.86. The van der Waals surface area contributed by atoms with Crippen LogP contribution in [0.4, 0.5) is 0 Å². The van der Waals surface area contributed by atoms with E-state index in [9.17, 15) is 9.59 Å². The third-order valence-electron chi connectivity index (χ3n) is 2.89. The van der Waals surface area contributed by atoms with Gasteiger partial charge in [0.1, 0.15) is 11.9 Å². The van der Waals surface area contributed by atoms with Gasteiger partial charge < -0.3 is 9.47 Å². The molecule has 1 heterocycles. The van der Waals surface area contributed by atoms with Crippen molar-refractivity contribution < 1.29 is 19.1 Å². The van der Waals surface area contributed by atoms with Gasteiger partial charge in [-0.15, -0.1) is 0 Å². The second-order valence-corrected chi connectivity index (χ2v) is 4.37. The van der Waals surface area contributed by atoms with Crippen LogP contribution in [0.3, 0.4) is 0 Å². The first kappa shape index (κ1) is 14.5. The zero-order valence-corrected chi connectivity index (χ0v) is 11.2. The van der Waals surface area contributed by atoms with E-state index in [1.807, 2.05) is 0 Å². The number of rotatable bonds is 4. The Bertz CT molecular complexity index is 379. The highest BCUT2D eigenvalue weighted by Crippen LogP contribution is 2.21. The average Bonchev–Trinajstić information content (AvgIpc) is 2.34. The lowest BCUT2D eigenvalue weighted by molar-refractivity contribution is -0.140. The first-order valence-electron chi connectivity index (χ1n) is 6.34. The largest absolute Gasteiger partial charge is 0.455 e. The van der Waals surface area contributed by atoms with Crippen LogP contribution in [-0.4, -0.2) is 18.0 Å². The van der Waals surface area contributed by atoms with Crippen molar-refractivity contribution in [3.05, 3.63) is 23.5 Å². The predicted octanol–water partition coefficient (Wildman–Crippen LogP) is 2.89. The maximum absolute atomic E-state index is 11.4. The molecule has 1 atom stereocenters. The molecular formula is C14H20O4. The summed E-state index contributed by atoms with van der Waals surface area (Å²) in [6.07, 6.45) is 5.82. The van der Waals surface area contributed by atoms with E-state index in [-0.39, 0.29) is 6.10 Å². The Morgan fingerprint density at radius 3 is 2.50 bits per heavy atom. The fraction of sp³-hybridized carbons (Fsp3) is 0.571. The Labute approximate surface area is 108 Å². The number of carbonyl (C=O) groups is 2. The molecule has 1 unspecified atom stereocenters. The molecule has 0 aromatic carbocycles. The van der Waals surface area contributed by atoms with E-state index in [4.69, 9.17) is 9.47 Å². The van der Waals surface area contributed by atoms with Gasteiger partial charge in [-0.05, 0) is 26.7 Å². The van der Waals surface area contributed by atoms with E-state index in [2.05, 4.69) is 6.92 Å². The van der Waals surface area contributed by atoms with Crippen LogP contribution in [0.25, 0.3) is 0 Å². The molecule has 4 heteroatoms. The Kier molecular flexibility index (Phi) is 5.62. The topological polar surface area (TPSA) is 52.6 Å². The Morgan fingerprint density at radius 2 is 1.83 bits per heavy atom. The van der Waals surface area contributed by atoms with Gasteiger partial charge in [-0.25, -0.2) is 9.59 Å². The smallest absolute Gasteiger partial charge is 0.336 e. The number of unbranched alkanes of at least 4 members (excludes halogenated alkanes) is 2. The van der Waals surface area contributed by atoms with Crippen molar-refractivity contribution in [3.8, 4) is 0 Å². The highest BCUT2D eigenvalue weighted by molar-refractivity contribution is 5.92. The van der Waals surface area contributed by atoms with Gasteiger partial charge in [-0.2, -0.15) is 0 Å². The van der Waals surface area contributed by atoms with Gasteiger partial charge in [-0.3, -0.25) is 0 Å². The molecule has 0 aromatic rings. The van der Waals surface area contributed by atoms with E-state index < -0.39 is 11.9 Å². The van der Waals surface area contributed by atoms with Crippen molar-refractivity contribution in [1.29, 1.82) is 0 Å². The number of cyclic esters (lactones) is 2. The molecule has 0 N–H and O–H groups in total. The maximum atomic E-state index is 11.4. The molecule has 1 aliphatic rings. The van der Waals surface area contributed by atoms with Crippen LogP contribution >= 0.6 is 0 Å². The zero-order valence-electron chi connectivity index (χ0n) is 11.2.